The lowest BCUT2D eigenvalue weighted by molar-refractivity contribution is -0.134. The first-order valence-corrected chi connectivity index (χ1v) is 12.6. The molecule has 0 saturated heterocycles. The van der Waals surface area contributed by atoms with Gasteiger partial charge in [0, 0.05) is 29.1 Å². The van der Waals surface area contributed by atoms with E-state index in [0.29, 0.717) is 29.5 Å². The van der Waals surface area contributed by atoms with Gasteiger partial charge in [0.25, 0.3) is 0 Å². The van der Waals surface area contributed by atoms with Gasteiger partial charge in [0.2, 0.25) is 24.5 Å². The van der Waals surface area contributed by atoms with Crippen molar-refractivity contribution < 1.29 is 32.5 Å². The fourth-order valence-electron chi connectivity index (χ4n) is 3.45. The standard InChI is InChI=1S/C25H25N3O7S/c29-23(26-12-18-5-2-1-3-6-18)14-28(13-20-7-4-10-33-20)25(31)16-36(32)15-24(30)27-19-8-9-21-22(11-19)35-17-34-21/h1-11H,12-17H2,(H,26,29)(H,27,30). The average Bonchev–Trinajstić information content (AvgIpc) is 3.54. The first-order valence-electron chi connectivity index (χ1n) is 11.1. The Kier molecular flexibility index (Phi) is 8.35. The van der Waals surface area contributed by atoms with Crippen LogP contribution in [0.1, 0.15) is 11.3 Å². The lowest BCUT2D eigenvalue weighted by Crippen LogP contribution is -2.42. The summed E-state index contributed by atoms with van der Waals surface area (Å²) in [5, 5.41) is 5.41. The summed E-state index contributed by atoms with van der Waals surface area (Å²) in [6.45, 7) is 0.213. The highest BCUT2D eigenvalue weighted by Gasteiger charge is 2.22. The fraction of sp³-hybridized carbons (Fsp3) is 0.240. The van der Waals surface area contributed by atoms with E-state index in [2.05, 4.69) is 10.6 Å². The number of hydrogen-bond donors (Lipinski definition) is 2. The molecule has 0 aliphatic carbocycles. The maximum atomic E-state index is 12.9. The molecule has 0 spiro atoms. The monoisotopic (exact) mass is 511 g/mol. The maximum Gasteiger partial charge on any atom is 0.239 e. The van der Waals surface area contributed by atoms with Gasteiger partial charge in [-0.2, -0.15) is 0 Å². The molecular formula is C25H25N3O7S. The largest absolute Gasteiger partial charge is 0.467 e. The number of benzene rings is 2. The number of ether oxygens (including phenoxy) is 2. The summed E-state index contributed by atoms with van der Waals surface area (Å²) in [6, 6.07) is 17.6. The molecule has 1 aromatic heterocycles. The molecule has 3 amide bonds. The zero-order valence-electron chi connectivity index (χ0n) is 19.3. The molecule has 0 radical (unpaired) electrons. The van der Waals surface area contributed by atoms with Crippen molar-refractivity contribution >= 4 is 34.2 Å². The fourth-order valence-corrected chi connectivity index (χ4v) is 4.37. The second-order valence-electron chi connectivity index (χ2n) is 7.94. The van der Waals surface area contributed by atoms with Gasteiger partial charge in [0.15, 0.2) is 11.5 Å². The first kappa shape index (κ1) is 25.0. The van der Waals surface area contributed by atoms with Gasteiger partial charge in [-0.15, -0.1) is 0 Å². The normalized spacial score (nSPS) is 12.6. The van der Waals surface area contributed by atoms with Crippen molar-refractivity contribution in [1.29, 1.82) is 0 Å². The van der Waals surface area contributed by atoms with Gasteiger partial charge in [0.05, 0.1) is 12.8 Å². The summed E-state index contributed by atoms with van der Waals surface area (Å²) in [4.78, 5) is 39.0. The topological polar surface area (TPSA) is 127 Å². The molecule has 36 heavy (non-hydrogen) atoms. The van der Waals surface area contributed by atoms with E-state index in [4.69, 9.17) is 13.9 Å². The Balaban J connectivity index is 1.30. The number of rotatable bonds is 11. The number of hydrogen-bond acceptors (Lipinski definition) is 7. The molecule has 1 aliphatic rings. The molecule has 2 aromatic carbocycles. The molecule has 0 saturated carbocycles. The summed E-state index contributed by atoms with van der Waals surface area (Å²) in [5.41, 5.74) is 1.38. The number of amides is 3. The minimum atomic E-state index is -1.79. The van der Waals surface area contributed by atoms with Crippen molar-refractivity contribution in [3.8, 4) is 11.5 Å². The summed E-state index contributed by atoms with van der Waals surface area (Å²) >= 11 is 0. The van der Waals surface area contributed by atoms with Crippen LogP contribution in [0.3, 0.4) is 0 Å². The van der Waals surface area contributed by atoms with Crippen LogP contribution in [0.25, 0.3) is 0 Å². The number of anilines is 1. The Morgan fingerprint density at radius 1 is 0.917 bits per heavy atom. The smallest absolute Gasteiger partial charge is 0.239 e. The molecule has 11 heteroatoms. The highest BCUT2D eigenvalue weighted by molar-refractivity contribution is 7.86. The van der Waals surface area contributed by atoms with Gasteiger partial charge in [-0.1, -0.05) is 30.3 Å². The molecule has 0 fully saturated rings. The van der Waals surface area contributed by atoms with Crippen molar-refractivity contribution in [3.63, 3.8) is 0 Å². The van der Waals surface area contributed by atoms with Crippen LogP contribution in [0.15, 0.2) is 71.3 Å². The highest BCUT2D eigenvalue weighted by Crippen LogP contribution is 2.34. The molecule has 1 unspecified atom stereocenters. The molecular weight excluding hydrogens is 486 g/mol. The molecule has 2 N–H and O–H groups in total. The Hall–Kier alpha value is -4.12. The van der Waals surface area contributed by atoms with Crippen LogP contribution < -0.4 is 20.1 Å². The molecule has 1 atom stereocenters. The number of carbonyl (C=O) groups is 3. The summed E-state index contributed by atoms with van der Waals surface area (Å²) < 4.78 is 28.4. The zero-order chi connectivity index (χ0) is 25.3. The molecule has 3 aromatic rings. The minimum Gasteiger partial charge on any atom is -0.467 e. The number of furan rings is 1. The first-order chi connectivity index (χ1) is 17.5. The Labute approximate surface area is 210 Å². The number of fused-ring (bicyclic) bond motifs is 1. The number of carbonyl (C=O) groups excluding carboxylic acids is 3. The van der Waals surface area contributed by atoms with Crippen LogP contribution in [-0.2, 0) is 38.3 Å². The predicted molar refractivity (Wildman–Crippen MR) is 131 cm³/mol. The van der Waals surface area contributed by atoms with Crippen molar-refractivity contribution in [2.45, 2.75) is 13.1 Å². The van der Waals surface area contributed by atoms with Crippen LogP contribution in [-0.4, -0.2) is 51.7 Å². The van der Waals surface area contributed by atoms with Crippen LogP contribution in [0.4, 0.5) is 5.69 Å². The molecule has 188 valence electrons. The van der Waals surface area contributed by atoms with E-state index >= 15 is 0 Å². The van der Waals surface area contributed by atoms with E-state index in [1.54, 1.807) is 30.3 Å². The second kappa shape index (κ2) is 12.0. The average molecular weight is 512 g/mol. The Morgan fingerprint density at radius 3 is 2.50 bits per heavy atom. The number of nitrogens with one attached hydrogen (secondary N) is 2. The summed E-state index contributed by atoms with van der Waals surface area (Å²) in [6.07, 6.45) is 1.46. The minimum absolute atomic E-state index is 0.0329. The number of nitrogens with zero attached hydrogens (tertiary/aromatic N) is 1. The molecule has 1 aliphatic heterocycles. The van der Waals surface area contributed by atoms with E-state index in [9.17, 15) is 18.6 Å². The third-order valence-corrected chi connectivity index (χ3v) is 6.33. The van der Waals surface area contributed by atoms with Crippen LogP contribution in [0.2, 0.25) is 0 Å². The van der Waals surface area contributed by atoms with Gasteiger partial charge < -0.3 is 29.4 Å². The maximum absolute atomic E-state index is 12.9. The zero-order valence-corrected chi connectivity index (χ0v) is 20.1. The third kappa shape index (κ3) is 7.19. The molecule has 2 heterocycles. The lowest BCUT2D eigenvalue weighted by atomic mass is 10.2. The molecule has 10 nitrogen and oxygen atoms in total. The molecule has 4 rings (SSSR count). The van der Waals surface area contributed by atoms with Gasteiger partial charge in [0.1, 0.15) is 23.8 Å². The summed E-state index contributed by atoms with van der Waals surface area (Å²) in [7, 11) is -1.79. The summed E-state index contributed by atoms with van der Waals surface area (Å²) in [5.74, 6) is -0.657. The quantitative estimate of drug-likeness (QED) is 0.403. The Bertz CT molecular complexity index is 1230. The lowest BCUT2D eigenvalue weighted by Gasteiger charge is -2.21. The van der Waals surface area contributed by atoms with E-state index in [0.717, 1.165) is 5.56 Å². The van der Waals surface area contributed by atoms with Crippen LogP contribution in [0, 0.1) is 0 Å². The second-order valence-corrected chi connectivity index (χ2v) is 9.39. The Morgan fingerprint density at radius 2 is 1.72 bits per heavy atom. The van der Waals surface area contributed by atoms with Gasteiger partial charge in [-0.3, -0.25) is 18.6 Å². The predicted octanol–water partition coefficient (Wildman–Crippen LogP) is 2.04. The van der Waals surface area contributed by atoms with Crippen molar-refractivity contribution in [1.82, 2.24) is 10.2 Å². The van der Waals surface area contributed by atoms with E-state index in [1.165, 1.54) is 11.2 Å². The van der Waals surface area contributed by atoms with Gasteiger partial charge in [-0.05, 0) is 29.8 Å². The van der Waals surface area contributed by atoms with Gasteiger partial charge in [-0.25, -0.2) is 0 Å². The van der Waals surface area contributed by atoms with Crippen LogP contribution in [0.5, 0.6) is 11.5 Å². The van der Waals surface area contributed by atoms with E-state index in [1.807, 2.05) is 30.3 Å². The van der Waals surface area contributed by atoms with Crippen molar-refractivity contribution in [2.24, 2.45) is 0 Å². The van der Waals surface area contributed by atoms with Gasteiger partial charge >= 0.3 is 0 Å². The van der Waals surface area contributed by atoms with Crippen molar-refractivity contribution in [2.75, 3.05) is 30.2 Å². The highest BCUT2D eigenvalue weighted by atomic mass is 32.2. The third-order valence-electron chi connectivity index (χ3n) is 5.18. The van der Waals surface area contributed by atoms with E-state index < -0.39 is 28.4 Å². The van der Waals surface area contributed by atoms with Crippen LogP contribution >= 0.6 is 0 Å². The van der Waals surface area contributed by atoms with E-state index in [-0.39, 0.29) is 31.5 Å². The van der Waals surface area contributed by atoms with Crippen molar-refractivity contribution in [3.05, 3.63) is 78.3 Å². The molecule has 0 bridgehead atoms. The SMILES string of the molecule is O=C(CN(Cc1ccco1)C(=O)CS(=O)CC(=O)Nc1ccc2c(c1)OCO2)NCc1ccccc1.